The van der Waals surface area contributed by atoms with Crippen LogP contribution in [-0.4, -0.2) is 29.0 Å². The van der Waals surface area contributed by atoms with Crippen LogP contribution in [0.5, 0.6) is 0 Å². The van der Waals surface area contributed by atoms with Gasteiger partial charge in [-0.2, -0.15) is 0 Å². The molecule has 1 amide bonds. The van der Waals surface area contributed by atoms with Crippen LogP contribution in [0.25, 0.3) is 11.3 Å². The zero-order valence-corrected chi connectivity index (χ0v) is 15.8. The fraction of sp³-hybridized carbons (Fsp3) is 0.167. The van der Waals surface area contributed by atoms with Gasteiger partial charge < -0.3 is 5.32 Å². The lowest BCUT2D eigenvalue weighted by Crippen LogP contribution is -2.44. The van der Waals surface area contributed by atoms with Crippen molar-refractivity contribution < 1.29 is 13.2 Å². The van der Waals surface area contributed by atoms with Gasteiger partial charge in [0.25, 0.3) is 0 Å². The van der Waals surface area contributed by atoms with Gasteiger partial charge in [-0.25, -0.2) is 13.4 Å². The minimum atomic E-state index is -3.85. The minimum absolute atomic E-state index is 0.108. The number of hydrogen-bond acceptors (Lipinski definition) is 6. The Balaban J connectivity index is 1.82. The third-order valence-corrected chi connectivity index (χ3v) is 7.15. The number of benzene rings is 1. The minimum Gasteiger partial charge on any atom is -0.301 e. The number of sulfone groups is 1. The van der Waals surface area contributed by atoms with Gasteiger partial charge in [-0.05, 0) is 38.1 Å². The smallest absolute Gasteiger partial charge is 0.247 e. The van der Waals surface area contributed by atoms with Gasteiger partial charge in [0.15, 0.2) is 15.0 Å². The first kappa shape index (κ1) is 18.2. The van der Waals surface area contributed by atoms with E-state index in [9.17, 15) is 13.2 Å². The Hall–Kier alpha value is -2.58. The van der Waals surface area contributed by atoms with Crippen LogP contribution in [0.4, 0.5) is 5.13 Å². The Bertz CT molecular complexity index is 1010. The summed E-state index contributed by atoms with van der Waals surface area (Å²) in [4.78, 5) is 21.1. The molecule has 2 heterocycles. The quantitative estimate of drug-likeness (QED) is 0.725. The normalized spacial score (nSPS) is 11.9. The number of hydrogen-bond donors (Lipinski definition) is 1. The zero-order chi connectivity index (χ0) is 18.8. The largest absolute Gasteiger partial charge is 0.301 e. The van der Waals surface area contributed by atoms with E-state index < -0.39 is 20.5 Å². The molecule has 0 saturated heterocycles. The second kappa shape index (κ2) is 6.97. The predicted molar refractivity (Wildman–Crippen MR) is 102 cm³/mol. The number of aromatic nitrogens is 2. The number of amides is 1. The van der Waals surface area contributed by atoms with Crippen LogP contribution < -0.4 is 5.32 Å². The van der Waals surface area contributed by atoms with Crippen molar-refractivity contribution in [3.63, 3.8) is 0 Å². The van der Waals surface area contributed by atoms with Crippen molar-refractivity contribution in [2.45, 2.75) is 23.5 Å². The molecule has 0 spiro atoms. The van der Waals surface area contributed by atoms with E-state index in [4.69, 9.17) is 0 Å². The Morgan fingerprint density at radius 2 is 1.73 bits per heavy atom. The summed E-state index contributed by atoms with van der Waals surface area (Å²) in [5.74, 6) is -0.628. The monoisotopic (exact) mass is 387 g/mol. The summed E-state index contributed by atoms with van der Waals surface area (Å²) in [6.45, 7) is 2.78. The second-order valence-electron chi connectivity index (χ2n) is 6.05. The number of carbonyl (C=O) groups excluding carboxylic acids is 1. The number of thiazole rings is 1. The van der Waals surface area contributed by atoms with Gasteiger partial charge in [0.05, 0.1) is 10.6 Å². The third kappa shape index (κ3) is 3.38. The summed E-state index contributed by atoms with van der Waals surface area (Å²) in [7, 11) is -3.85. The van der Waals surface area contributed by atoms with Crippen LogP contribution in [0.15, 0.2) is 65.1 Å². The van der Waals surface area contributed by atoms with Crippen molar-refractivity contribution in [1.29, 1.82) is 0 Å². The summed E-state index contributed by atoms with van der Waals surface area (Å²) >= 11 is 1.24. The fourth-order valence-corrected chi connectivity index (χ4v) is 4.36. The van der Waals surface area contributed by atoms with E-state index in [-0.39, 0.29) is 4.90 Å². The van der Waals surface area contributed by atoms with Crippen LogP contribution in [0.2, 0.25) is 0 Å². The summed E-state index contributed by atoms with van der Waals surface area (Å²) in [6.07, 6.45) is 3.31. The van der Waals surface area contributed by atoms with Crippen molar-refractivity contribution in [3.05, 3.63) is 60.2 Å². The maximum atomic E-state index is 12.8. The molecule has 0 aliphatic rings. The molecule has 6 nitrogen and oxygen atoms in total. The van der Waals surface area contributed by atoms with Gasteiger partial charge in [-0.1, -0.05) is 18.2 Å². The van der Waals surface area contributed by atoms with Crippen molar-refractivity contribution in [2.75, 3.05) is 5.32 Å². The van der Waals surface area contributed by atoms with Gasteiger partial charge in [-0.15, -0.1) is 11.3 Å². The zero-order valence-electron chi connectivity index (χ0n) is 14.2. The topological polar surface area (TPSA) is 89.0 Å². The highest BCUT2D eigenvalue weighted by Crippen LogP contribution is 2.29. The van der Waals surface area contributed by atoms with Crippen molar-refractivity contribution in [1.82, 2.24) is 9.97 Å². The van der Waals surface area contributed by atoms with Crippen molar-refractivity contribution in [2.24, 2.45) is 0 Å². The van der Waals surface area contributed by atoms with E-state index >= 15 is 0 Å². The molecule has 0 aliphatic heterocycles. The van der Waals surface area contributed by atoms with Gasteiger partial charge in [0.2, 0.25) is 5.91 Å². The van der Waals surface area contributed by atoms with Crippen LogP contribution in [0.1, 0.15) is 13.8 Å². The summed E-state index contributed by atoms with van der Waals surface area (Å²) in [6, 6.07) is 11.6. The highest BCUT2D eigenvalue weighted by Gasteiger charge is 2.43. The molecule has 8 heteroatoms. The molecule has 3 rings (SSSR count). The average molecular weight is 387 g/mol. The molecular weight excluding hydrogens is 370 g/mol. The third-order valence-electron chi connectivity index (χ3n) is 3.97. The van der Waals surface area contributed by atoms with Gasteiger partial charge in [-0.3, -0.25) is 9.78 Å². The number of carbonyl (C=O) groups is 1. The van der Waals surface area contributed by atoms with Crippen LogP contribution in [-0.2, 0) is 14.6 Å². The molecule has 134 valence electrons. The number of rotatable bonds is 5. The maximum absolute atomic E-state index is 12.8. The first-order valence-corrected chi connectivity index (χ1v) is 10.2. The first-order valence-electron chi connectivity index (χ1n) is 7.79. The van der Waals surface area contributed by atoms with Crippen LogP contribution in [0.3, 0.4) is 0 Å². The SMILES string of the molecule is CC(C)(C(=O)Nc1nc(-c2ccncc2)cs1)S(=O)(=O)c1ccccc1. The summed E-state index contributed by atoms with van der Waals surface area (Å²) in [5, 5.41) is 4.76. The lowest BCUT2D eigenvalue weighted by atomic mass is 10.2. The van der Waals surface area contributed by atoms with Gasteiger partial charge >= 0.3 is 0 Å². The average Bonchev–Trinajstić information content (AvgIpc) is 3.11. The molecule has 3 aromatic rings. The molecule has 0 radical (unpaired) electrons. The Morgan fingerprint density at radius 1 is 1.08 bits per heavy atom. The number of nitrogens with one attached hydrogen (secondary N) is 1. The first-order chi connectivity index (χ1) is 12.3. The summed E-state index contributed by atoms with van der Waals surface area (Å²) < 4.78 is 24.0. The maximum Gasteiger partial charge on any atom is 0.247 e. The van der Waals surface area contributed by atoms with E-state index in [1.165, 1.54) is 37.3 Å². The molecule has 2 aromatic heterocycles. The van der Waals surface area contributed by atoms with Crippen molar-refractivity contribution >= 4 is 32.2 Å². The van der Waals surface area contributed by atoms with E-state index in [0.717, 1.165) is 5.56 Å². The highest BCUT2D eigenvalue weighted by molar-refractivity contribution is 7.93. The fourth-order valence-electron chi connectivity index (χ4n) is 2.25. The molecule has 1 N–H and O–H groups in total. The second-order valence-corrected chi connectivity index (χ2v) is 9.41. The highest BCUT2D eigenvalue weighted by atomic mass is 32.2. The molecular formula is C18H17N3O3S2. The van der Waals surface area contributed by atoms with E-state index in [1.807, 2.05) is 12.1 Å². The van der Waals surface area contributed by atoms with Gasteiger partial charge in [0, 0.05) is 23.3 Å². The lowest BCUT2D eigenvalue weighted by Gasteiger charge is -2.23. The standard InChI is InChI=1S/C18H17N3O3S2/c1-18(2,26(23,24)14-6-4-3-5-7-14)16(22)21-17-20-15(12-25-17)13-8-10-19-11-9-13/h3-12H,1-2H3,(H,20,21,22). The molecule has 0 bridgehead atoms. The van der Waals surface area contributed by atoms with Crippen LogP contribution >= 0.6 is 11.3 Å². The molecule has 0 aliphatic carbocycles. The van der Waals surface area contributed by atoms with Crippen molar-refractivity contribution in [3.8, 4) is 11.3 Å². The van der Waals surface area contributed by atoms with Gasteiger partial charge in [0.1, 0.15) is 4.75 Å². The Labute approximate surface area is 155 Å². The van der Waals surface area contributed by atoms with E-state index in [0.29, 0.717) is 10.8 Å². The van der Waals surface area contributed by atoms with Crippen LogP contribution in [0, 0.1) is 0 Å². The number of pyridine rings is 1. The summed E-state index contributed by atoms with van der Waals surface area (Å²) in [5.41, 5.74) is 1.56. The predicted octanol–water partition coefficient (Wildman–Crippen LogP) is 3.40. The molecule has 0 unspecified atom stereocenters. The number of anilines is 1. The molecule has 0 atom stereocenters. The Kier molecular flexibility index (Phi) is 4.88. The lowest BCUT2D eigenvalue weighted by molar-refractivity contribution is -0.117. The number of nitrogens with zero attached hydrogens (tertiary/aromatic N) is 2. The van der Waals surface area contributed by atoms with E-state index in [2.05, 4.69) is 15.3 Å². The molecule has 0 fully saturated rings. The molecule has 26 heavy (non-hydrogen) atoms. The molecule has 0 saturated carbocycles. The van der Waals surface area contributed by atoms with E-state index in [1.54, 1.807) is 36.0 Å². The Morgan fingerprint density at radius 3 is 2.38 bits per heavy atom. The molecule has 1 aromatic carbocycles.